The molecule has 0 aromatic carbocycles. The predicted octanol–water partition coefficient (Wildman–Crippen LogP) is 3.34. The molecular formula is C19H18F3N5O4S. The largest absolute Gasteiger partial charge is 0.462 e. The highest BCUT2D eigenvalue weighted by molar-refractivity contribution is 7.18. The van der Waals surface area contributed by atoms with E-state index >= 15 is 0 Å². The number of aryl methyl sites for hydroxylation is 1. The van der Waals surface area contributed by atoms with Gasteiger partial charge >= 0.3 is 12.1 Å². The molecule has 32 heavy (non-hydrogen) atoms. The second-order valence-corrected chi connectivity index (χ2v) is 7.82. The first-order chi connectivity index (χ1) is 14.9. The van der Waals surface area contributed by atoms with Gasteiger partial charge in [-0.25, -0.2) is 14.3 Å². The van der Waals surface area contributed by atoms with E-state index in [1.54, 1.807) is 6.92 Å². The maximum absolute atomic E-state index is 13.3. The third kappa shape index (κ3) is 4.42. The summed E-state index contributed by atoms with van der Waals surface area (Å²) in [6.07, 6.45) is -4.17. The number of nitrogens with zero attached hydrogens (tertiary/aromatic N) is 3. The number of thiophene rings is 1. The molecule has 0 aliphatic carbocycles. The number of halogens is 3. The van der Waals surface area contributed by atoms with Gasteiger partial charge in [0.05, 0.1) is 17.0 Å². The zero-order chi connectivity index (χ0) is 23.8. The normalized spacial score (nSPS) is 11.6. The molecular weight excluding hydrogens is 451 g/mol. The maximum Gasteiger partial charge on any atom is 0.433 e. The molecule has 2 amide bonds. The first-order valence-electron chi connectivity index (χ1n) is 9.30. The van der Waals surface area contributed by atoms with Crippen molar-refractivity contribution in [3.63, 3.8) is 0 Å². The standard InChI is InChI=1S/C19H18F3N5O4S/c1-4-5-31-18(30)13-9(3)14(15(23)28)32-17(13)25-16(29)10-7-12-24-8(2)6-11(19(20,21)22)27(12)26-10/h6-7H,4-5H2,1-3H3,(H2,23,28)(H,25,29). The van der Waals surface area contributed by atoms with Crippen LogP contribution < -0.4 is 11.1 Å². The minimum Gasteiger partial charge on any atom is -0.462 e. The molecule has 0 spiro atoms. The second kappa shape index (κ2) is 8.57. The summed E-state index contributed by atoms with van der Waals surface area (Å²) in [5.41, 5.74) is 3.97. The Bertz CT molecular complexity index is 1230. The number of carbonyl (C=O) groups is 3. The third-order valence-electron chi connectivity index (χ3n) is 4.32. The second-order valence-electron chi connectivity index (χ2n) is 6.79. The Labute approximate surface area is 183 Å². The molecule has 0 bridgehead atoms. The number of rotatable bonds is 6. The van der Waals surface area contributed by atoms with E-state index in [-0.39, 0.29) is 44.6 Å². The highest BCUT2D eigenvalue weighted by Gasteiger charge is 2.35. The van der Waals surface area contributed by atoms with Crippen molar-refractivity contribution in [2.24, 2.45) is 5.73 Å². The molecule has 3 heterocycles. The fraction of sp³-hybridized carbons (Fsp3) is 0.316. The fourth-order valence-corrected chi connectivity index (χ4v) is 3.97. The number of carbonyl (C=O) groups excluding carboxylic acids is 3. The zero-order valence-electron chi connectivity index (χ0n) is 17.2. The summed E-state index contributed by atoms with van der Waals surface area (Å²) in [5, 5.41) is 6.12. The molecule has 9 nitrogen and oxygen atoms in total. The quantitative estimate of drug-likeness (QED) is 0.533. The number of amides is 2. The van der Waals surface area contributed by atoms with E-state index in [9.17, 15) is 27.6 Å². The van der Waals surface area contributed by atoms with Crippen molar-refractivity contribution in [1.82, 2.24) is 14.6 Å². The Morgan fingerprint density at radius 3 is 2.53 bits per heavy atom. The Morgan fingerprint density at radius 1 is 1.25 bits per heavy atom. The molecule has 0 saturated carbocycles. The summed E-state index contributed by atoms with van der Waals surface area (Å²) in [4.78, 5) is 40.9. The van der Waals surface area contributed by atoms with Gasteiger partial charge in [0, 0.05) is 11.8 Å². The Balaban J connectivity index is 2.02. The molecule has 0 aliphatic heterocycles. The van der Waals surface area contributed by atoms with Crippen LogP contribution in [-0.2, 0) is 10.9 Å². The lowest BCUT2D eigenvalue weighted by molar-refractivity contribution is -0.142. The number of alkyl halides is 3. The lowest BCUT2D eigenvalue weighted by Crippen LogP contribution is -2.17. The van der Waals surface area contributed by atoms with Crippen LogP contribution in [0.1, 0.15) is 60.8 Å². The van der Waals surface area contributed by atoms with Gasteiger partial charge in [-0.15, -0.1) is 11.3 Å². The van der Waals surface area contributed by atoms with Gasteiger partial charge in [0.1, 0.15) is 10.7 Å². The molecule has 3 aromatic rings. The van der Waals surface area contributed by atoms with Crippen molar-refractivity contribution in [3.8, 4) is 0 Å². The van der Waals surface area contributed by atoms with Crippen molar-refractivity contribution in [3.05, 3.63) is 45.2 Å². The SMILES string of the molecule is CCCOC(=O)c1c(NC(=O)c2cc3nc(C)cc(C(F)(F)F)n3n2)sc(C(N)=O)c1C. The highest BCUT2D eigenvalue weighted by Crippen LogP contribution is 2.34. The summed E-state index contributed by atoms with van der Waals surface area (Å²) in [7, 11) is 0. The molecule has 3 aromatic heterocycles. The lowest BCUT2D eigenvalue weighted by atomic mass is 10.1. The van der Waals surface area contributed by atoms with Gasteiger partial charge in [-0.3, -0.25) is 9.59 Å². The summed E-state index contributed by atoms with van der Waals surface area (Å²) in [6, 6.07) is 1.90. The minimum absolute atomic E-state index is 0.0281. The Hall–Kier alpha value is -3.48. The molecule has 13 heteroatoms. The van der Waals surface area contributed by atoms with E-state index in [1.807, 2.05) is 0 Å². The zero-order valence-corrected chi connectivity index (χ0v) is 18.0. The molecule has 0 unspecified atom stereocenters. The van der Waals surface area contributed by atoms with Crippen LogP contribution in [0.5, 0.6) is 0 Å². The van der Waals surface area contributed by atoms with Crippen LogP contribution in [0.2, 0.25) is 0 Å². The van der Waals surface area contributed by atoms with Crippen LogP contribution in [-0.4, -0.2) is 39.0 Å². The highest BCUT2D eigenvalue weighted by atomic mass is 32.1. The number of hydrogen-bond donors (Lipinski definition) is 2. The van der Waals surface area contributed by atoms with Crippen LogP contribution in [0.4, 0.5) is 18.2 Å². The molecule has 0 radical (unpaired) electrons. The molecule has 0 aliphatic rings. The summed E-state index contributed by atoms with van der Waals surface area (Å²) < 4.78 is 45.6. The molecule has 3 rings (SSSR count). The average Bonchev–Trinajstić information content (AvgIpc) is 3.25. The van der Waals surface area contributed by atoms with E-state index < -0.39 is 29.7 Å². The smallest absolute Gasteiger partial charge is 0.433 e. The minimum atomic E-state index is -4.72. The molecule has 0 saturated heterocycles. The van der Waals surface area contributed by atoms with Gasteiger partial charge in [0.2, 0.25) is 0 Å². The fourth-order valence-electron chi connectivity index (χ4n) is 2.93. The summed E-state index contributed by atoms with van der Waals surface area (Å²) >= 11 is 0.758. The van der Waals surface area contributed by atoms with Crippen molar-refractivity contribution in [2.75, 3.05) is 11.9 Å². The number of esters is 1. The topological polar surface area (TPSA) is 129 Å². The number of anilines is 1. The Kier molecular flexibility index (Phi) is 6.21. The van der Waals surface area contributed by atoms with Gasteiger partial charge in [-0.2, -0.15) is 18.3 Å². The molecule has 0 fully saturated rings. The van der Waals surface area contributed by atoms with Crippen LogP contribution in [0.25, 0.3) is 5.65 Å². The number of nitrogens with two attached hydrogens (primary N) is 1. The first-order valence-corrected chi connectivity index (χ1v) is 10.1. The van der Waals surface area contributed by atoms with Crippen molar-refractivity contribution < 1.29 is 32.3 Å². The van der Waals surface area contributed by atoms with Crippen molar-refractivity contribution in [1.29, 1.82) is 0 Å². The van der Waals surface area contributed by atoms with Gasteiger partial charge in [0.15, 0.2) is 11.3 Å². The van der Waals surface area contributed by atoms with Gasteiger partial charge < -0.3 is 15.8 Å². The monoisotopic (exact) mass is 469 g/mol. The summed E-state index contributed by atoms with van der Waals surface area (Å²) in [6.45, 7) is 4.77. The van der Waals surface area contributed by atoms with Crippen LogP contribution in [0.3, 0.4) is 0 Å². The number of hydrogen-bond acceptors (Lipinski definition) is 7. The van der Waals surface area contributed by atoms with E-state index in [1.165, 1.54) is 13.8 Å². The van der Waals surface area contributed by atoms with E-state index in [0.717, 1.165) is 23.5 Å². The third-order valence-corrected chi connectivity index (χ3v) is 5.54. The maximum atomic E-state index is 13.3. The lowest BCUT2D eigenvalue weighted by Gasteiger charge is -2.09. The number of ether oxygens (including phenoxy) is 1. The summed E-state index contributed by atoms with van der Waals surface area (Å²) in [5.74, 6) is -2.47. The average molecular weight is 469 g/mol. The Morgan fingerprint density at radius 2 is 1.94 bits per heavy atom. The number of primary amides is 1. The number of fused-ring (bicyclic) bond motifs is 1. The van der Waals surface area contributed by atoms with E-state index in [4.69, 9.17) is 10.5 Å². The predicted molar refractivity (Wildman–Crippen MR) is 109 cm³/mol. The number of aromatic nitrogens is 3. The van der Waals surface area contributed by atoms with Crippen molar-refractivity contribution >= 4 is 39.8 Å². The van der Waals surface area contributed by atoms with Gasteiger partial charge in [0.25, 0.3) is 11.8 Å². The number of nitrogens with one attached hydrogen (secondary N) is 1. The van der Waals surface area contributed by atoms with E-state index in [2.05, 4.69) is 15.4 Å². The van der Waals surface area contributed by atoms with Gasteiger partial charge in [-0.05, 0) is 31.9 Å². The molecule has 3 N–H and O–H groups in total. The first kappa shape index (κ1) is 23.2. The van der Waals surface area contributed by atoms with Crippen LogP contribution in [0.15, 0.2) is 12.1 Å². The van der Waals surface area contributed by atoms with Crippen LogP contribution in [0, 0.1) is 13.8 Å². The molecule has 0 atom stereocenters. The molecule has 170 valence electrons. The van der Waals surface area contributed by atoms with Crippen molar-refractivity contribution in [2.45, 2.75) is 33.4 Å². The van der Waals surface area contributed by atoms with Crippen LogP contribution >= 0.6 is 11.3 Å². The van der Waals surface area contributed by atoms with Gasteiger partial charge in [-0.1, -0.05) is 6.92 Å². The van der Waals surface area contributed by atoms with E-state index in [0.29, 0.717) is 10.9 Å².